The monoisotopic (exact) mass is 275 g/mol. The lowest BCUT2D eigenvalue weighted by atomic mass is 10.1. The van der Waals surface area contributed by atoms with Gasteiger partial charge in [-0.3, -0.25) is 9.89 Å². The predicted octanol–water partition coefficient (Wildman–Crippen LogP) is -0.261. The van der Waals surface area contributed by atoms with Crippen LogP contribution in [0.4, 0.5) is 0 Å². The molecule has 7 nitrogen and oxygen atoms in total. The van der Waals surface area contributed by atoms with Crippen LogP contribution in [0.15, 0.2) is 30.6 Å². The quantitative estimate of drug-likeness (QED) is 0.579. The van der Waals surface area contributed by atoms with E-state index in [4.69, 9.17) is 5.73 Å². The number of H-pyrrole nitrogens is 1. The van der Waals surface area contributed by atoms with Gasteiger partial charge in [-0.25, -0.2) is 4.98 Å². The van der Waals surface area contributed by atoms with Crippen molar-refractivity contribution in [1.29, 1.82) is 0 Å². The van der Waals surface area contributed by atoms with Gasteiger partial charge in [0, 0.05) is 13.0 Å². The molecular formula is C13H17N5O2. The molecule has 0 radical (unpaired) electrons. The number of hydrogen-bond donors (Lipinski definition) is 4. The fraction of sp³-hybridized carbons (Fsp3) is 0.308. The Bertz CT molecular complexity index is 538. The number of carbonyl (C=O) groups is 1. The highest BCUT2D eigenvalue weighted by Crippen LogP contribution is 2.10. The molecule has 0 bridgehead atoms. The molecule has 5 N–H and O–H groups in total. The van der Waals surface area contributed by atoms with Gasteiger partial charge in [0.05, 0.1) is 6.04 Å². The minimum atomic E-state index is -0.616. The Morgan fingerprint density at radius 3 is 2.80 bits per heavy atom. The number of rotatable bonds is 6. The van der Waals surface area contributed by atoms with Crippen molar-refractivity contribution in [2.45, 2.75) is 18.9 Å². The molecule has 1 atom stereocenters. The Morgan fingerprint density at radius 1 is 1.40 bits per heavy atom. The summed E-state index contributed by atoms with van der Waals surface area (Å²) in [6.07, 6.45) is 2.43. The zero-order valence-corrected chi connectivity index (χ0v) is 10.9. The number of nitrogens with zero attached hydrogens (tertiary/aromatic N) is 2. The fourth-order valence-corrected chi connectivity index (χ4v) is 1.77. The van der Waals surface area contributed by atoms with Crippen molar-refractivity contribution >= 4 is 5.91 Å². The number of amides is 1. The Kier molecular flexibility index (Phi) is 4.67. The van der Waals surface area contributed by atoms with Crippen molar-refractivity contribution in [3.63, 3.8) is 0 Å². The molecular weight excluding hydrogens is 258 g/mol. The standard InChI is InChI=1S/C13H17N5O2/c14-11(7-9-1-3-10(19)4-2-9)13(20)15-6-5-12-16-8-17-18-12/h1-4,8,11,19H,5-7,14H2,(H,15,20)(H,16,17,18)/t11-/m1/s1. The molecule has 2 aromatic rings. The molecule has 0 aliphatic rings. The molecule has 0 aliphatic carbocycles. The van der Waals surface area contributed by atoms with E-state index < -0.39 is 6.04 Å². The molecule has 0 saturated heterocycles. The van der Waals surface area contributed by atoms with Crippen LogP contribution < -0.4 is 11.1 Å². The minimum absolute atomic E-state index is 0.193. The Hall–Kier alpha value is -2.41. The third-order valence-corrected chi connectivity index (χ3v) is 2.85. The van der Waals surface area contributed by atoms with Gasteiger partial charge in [0.15, 0.2) is 0 Å². The maximum Gasteiger partial charge on any atom is 0.237 e. The lowest BCUT2D eigenvalue weighted by Gasteiger charge is -2.12. The number of phenolic OH excluding ortho intramolecular Hbond substituents is 1. The number of aromatic hydroxyl groups is 1. The zero-order chi connectivity index (χ0) is 14.4. The highest BCUT2D eigenvalue weighted by Gasteiger charge is 2.13. The summed E-state index contributed by atoms with van der Waals surface area (Å²) in [5, 5.41) is 18.4. The SMILES string of the molecule is N[C@H](Cc1ccc(O)cc1)C(=O)NCCc1ncn[nH]1. The van der Waals surface area contributed by atoms with Crippen molar-refractivity contribution in [1.82, 2.24) is 20.5 Å². The zero-order valence-electron chi connectivity index (χ0n) is 10.9. The predicted molar refractivity (Wildman–Crippen MR) is 72.9 cm³/mol. The molecule has 1 heterocycles. The number of nitrogens with one attached hydrogen (secondary N) is 2. The normalized spacial score (nSPS) is 12.1. The highest BCUT2D eigenvalue weighted by atomic mass is 16.3. The third-order valence-electron chi connectivity index (χ3n) is 2.85. The molecule has 1 aromatic carbocycles. The van der Waals surface area contributed by atoms with Gasteiger partial charge in [0.25, 0.3) is 0 Å². The second-order valence-electron chi connectivity index (χ2n) is 4.45. The van der Waals surface area contributed by atoms with Crippen LogP contribution in [-0.4, -0.2) is 38.8 Å². The number of benzene rings is 1. The molecule has 0 saturated carbocycles. The summed E-state index contributed by atoms with van der Waals surface area (Å²) >= 11 is 0. The summed E-state index contributed by atoms with van der Waals surface area (Å²) in [6, 6.07) is 6.02. The van der Waals surface area contributed by atoms with E-state index in [2.05, 4.69) is 20.5 Å². The van der Waals surface area contributed by atoms with E-state index in [0.717, 1.165) is 11.4 Å². The third kappa shape index (κ3) is 4.06. The summed E-state index contributed by atoms with van der Waals surface area (Å²) < 4.78 is 0. The second-order valence-corrected chi connectivity index (χ2v) is 4.45. The van der Waals surface area contributed by atoms with Crippen molar-refractivity contribution < 1.29 is 9.90 Å². The molecule has 106 valence electrons. The molecule has 0 spiro atoms. The first-order valence-electron chi connectivity index (χ1n) is 6.30. The average molecular weight is 275 g/mol. The van der Waals surface area contributed by atoms with Crippen molar-refractivity contribution in [3.8, 4) is 5.75 Å². The van der Waals surface area contributed by atoms with Crippen molar-refractivity contribution in [2.24, 2.45) is 5.73 Å². The van der Waals surface area contributed by atoms with E-state index in [9.17, 15) is 9.90 Å². The van der Waals surface area contributed by atoms with Gasteiger partial charge < -0.3 is 16.2 Å². The van der Waals surface area contributed by atoms with Crippen LogP contribution in [0.3, 0.4) is 0 Å². The maximum atomic E-state index is 11.8. The first-order chi connectivity index (χ1) is 9.65. The van der Waals surface area contributed by atoms with Crippen LogP contribution in [-0.2, 0) is 17.6 Å². The fourth-order valence-electron chi connectivity index (χ4n) is 1.77. The number of nitrogens with two attached hydrogens (primary N) is 1. The number of phenols is 1. The van der Waals surface area contributed by atoms with Gasteiger partial charge in [-0.15, -0.1) is 0 Å². The van der Waals surface area contributed by atoms with Crippen LogP contribution in [0.2, 0.25) is 0 Å². The lowest BCUT2D eigenvalue weighted by Crippen LogP contribution is -2.42. The summed E-state index contributed by atoms with van der Waals surface area (Å²) in [7, 11) is 0. The number of aromatic amines is 1. The lowest BCUT2D eigenvalue weighted by molar-refractivity contribution is -0.122. The molecule has 0 aliphatic heterocycles. The van der Waals surface area contributed by atoms with Gasteiger partial charge in [0.2, 0.25) is 5.91 Å². The topological polar surface area (TPSA) is 117 Å². The first-order valence-corrected chi connectivity index (χ1v) is 6.30. The second kappa shape index (κ2) is 6.67. The Labute approximate surface area is 116 Å². The molecule has 1 aromatic heterocycles. The van der Waals surface area contributed by atoms with Crippen LogP contribution in [0, 0.1) is 0 Å². The van der Waals surface area contributed by atoms with E-state index in [1.807, 2.05) is 0 Å². The van der Waals surface area contributed by atoms with Gasteiger partial charge in [-0.05, 0) is 24.1 Å². The minimum Gasteiger partial charge on any atom is -0.508 e. The van der Waals surface area contributed by atoms with E-state index in [-0.39, 0.29) is 11.7 Å². The number of aromatic nitrogens is 3. The van der Waals surface area contributed by atoms with E-state index >= 15 is 0 Å². The van der Waals surface area contributed by atoms with Crippen LogP contribution in [0.1, 0.15) is 11.4 Å². The van der Waals surface area contributed by atoms with Crippen LogP contribution >= 0.6 is 0 Å². The van der Waals surface area contributed by atoms with Gasteiger partial charge in [-0.1, -0.05) is 12.1 Å². The average Bonchev–Trinajstić information content (AvgIpc) is 2.94. The number of carbonyl (C=O) groups excluding carboxylic acids is 1. The summed E-state index contributed by atoms with van der Waals surface area (Å²) in [5.41, 5.74) is 6.74. The van der Waals surface area contributed by atoms with E-state index in [1.54, 1.807) is 24.3 Å². The van der Waals surface area contributed by atoms with E-state index in [0.29, 0.717) is 19.4 Å². The van der Waals surface area contributed by atoms with Crippen molar-refractivity contribution in [3.05, 3.63) is 42.0 Å². The van der Waals surface area contributed by atoms with Crippen molar-refractivity contribution in [2.75, 3.05) is 6.54 Å². The van der Waals surface area contributed by atoms with Crippen LogP contribution in [0.5, 0.6) is 5.75 Å². The van der Waals surface area contributed by atoms with Gasteiger partial charge in [0.1, 0.15) is 17.9 Å². The summed E-state index contributed by atoms with van der Waals surface area (Å²) in [6.45, 7) is 0.456. The van der Waals surface area contributed by atoms with Gasteiger partial charge in [-0.2, -0.15) is 5.10 Å². The Morgan fingerprint density at radius 2 is 2.15 bits per heavy atom. The van der Waals surface area contributed by atoms with E-state index in [1.165, 1.54) is 6.33 Å². The molecule has 0 fully saturated rings. The van der Waals surface area contributed by atoms with Crippen LogP contribution in [0.25, 0.3) is 0 Å². The van der Waals surface area contributed by atoms with Gasteiger partial charge >= 0.3 is 0 Å². The molecule has 0 unspecified atom stereocenters. The molecule has 7 heteroatoms. The molecule has 2 rings (SSSR count). The number of hydrogen-bond acceptors (Lipinski definition) is 5. The molecule has 1 amide bonds. The summed E-state index contributed by atoms with van der Waals surface area (Å²) in [5.74, 6) is 0.703. The smallest absolute Gasteiger partial charge is 0.237 e. The molecule has 20 heavy (non-hydrogen) atoms. The first kappa shape index (κ1) is 14.0. The largest absolute Gasteiger partial charge is 0.508 e. The maximum absolute atomic E-state index is 11.8. The highest BCUT2D eigenvalue weighted by molar-refractivity contribution is 5.81. The summed E-state index contributed by atoms with van der Waals surface area (Å²) in [4.78, 5) is 15.8. The Balaban J connectivity index is 1.75.